The molecule has 1 N–H and O–H groups in total. The molecule has 0 aromatic rings. The maximum atomic E-state index is 5.44. The predicted molar refractivity (Wildman–Crippen MR) is 48.2 cm³/mol. The van der Waals surface area contributed by atoms with Crippen LogP contribution in [0, 0.1) is 0 Å². The molecule has 1 unspecified atom stereocenters. The zero-order chi connectivity index (χ0) is 6.53. The fraction of sp³-hybridized carbons (Fsp3) is 1.00. The molecule has 1 aliphatic heterocycles. The van der Waals surface area contributed by atoms with Crippen molar-refractivity contribution in [3.8, 4) is 0 Å². The molecule has 0 radical (unpaired) electrons. The summed E-state index contributed by atoms with van der Waals surface area (Å²) in [6.45, 7) is 2.93. The van der Waals surface area contributed by atoms with Crippen molar-refractivity contribution in [3.63, 3.8) is 0 Å². The number of hydrogen-bond acceptors (Lipinski definition) is 3. The van der Waals surface area contributed by atoms with Gasteiger partial charge in [-0.05, 0) is 6.26 Å². The van der Waals surface area contributed by atoms with Gasteiger partial charge in [-0.2, -0.15) is 11.8 Å². The molecule has 62 valence electrons. The van der Waals surface area contributed by atoms with E-state index in [1.165, 1.54) is 0 Å². The van der Waals surface area contributed by atoms with Crippen LogP contribution in [0.2, 0.25) is 0 Å². The van der Waals surface area contributed by atoms with E-state index in [1.807, 2.05) is 11.8 Å². The predicted octanol–water partition coefficient (Wildman–Crippen LogP) is 0.760. The van der Waals surface area contributed by atoms with Gasteiger partial charge in [-0.3, -0.25) is 0 Å². The second kappa shape index (κ2) is 6.28. The number of nitrogens with one attached hydrogen (secondary N) is 1. The van der Waals surface area contributed by atoms with Crippen LogP contribution in [0.4, 0.5) is 0 Å². The van der Waals surface area contributed by atoms with Crippen molar-refractivity contribution in [2.45, 2.75) is 6.10 Å². The molecule has 0 bridgehead atoms. The van der Waals surface area contributed by atoms with Crippen LogP contribution in [-0.4, -0.2) is 37.8 Å². The summed E-state index contributed by atoms with van der Waals surface area (Å²) in [4.78, 5) is 0. The Morgan fingerprint density at radius 2 is 2.50 bits per heavy atom. The molecule has 1 fully saturated rings. The third-order valence-corrected chi connectivity index (χ3v) is 2.06. The third-order valence-electron chi connectivity index (χ3n) is 1.36. The highest BCUT2D eigenvalue weighted by Gasteiger charge is 2.10. The first kappa shape index (κ1) is 10.6. The summed E-state index contributed by atoms with van der Waals surface area (Å²) in [5.74, 6) is 1.12. The van der Waals surface area contributed by atoms with Crippen molar-refractivity contribution in [1.29, 1.82) is 0 Å². The van der Waals surface area contributed by atoms with Gasteiger partial charge in [-0.25, -0.2) is 0 Å². The fourth-order valence-corrected chi connectivity index (χ4v) is 1.50. The Hall–Kier alpha value is 0.560. The molecule has 0 amide bonds. The molecule has 0 aromatic heterocycles. The van der Waals surface area contributed by atoms with Crippen molar-refractivity contribution < 1.29 is 4.74 Å². The van der Waals surface area contributed by atoms with Crippen LogP contribution >= 0.6 is 24.2 Å². The summed E-state index contributed by atoms with van der Waals surface area (Å²) in [5.41, 5.74) is 0. The number of hydrogen-bond donors (Lipinski definition) is 1. The van der Waals surface area contributed by atoms with Gasteiger partial charge in [0.25, 0.3) is 0 Å². The van der Waals surface area contributed by atoms with E-state index in [1.54, 1.807) is 0 Å². The van der Waals surface area contributed by atoms with E-state index in [4.69, 9.17) is 4.74 Å². The van der Waals surface area contributed by atoms with Crippen LogP contribution in [0.3, 0.4) is 0 Å². The van der Waals surface area contributed by atoms with E-state index in [0.29, 0.717) is 6.10 Å². The van der Waals surface area contributed by atoms with Crippen LogP contribution in [0.15, 0.2) is 0 Å². The Balaban J connectivity index is 0.000000810. The Morgan fingerprint density at radius 1 is 1.70 bits per heavy atom. The number of morpholine rings is 1. The van der Waals surface area contributed by atoms with Gasteiger partial charge in [0.15, 0.2) is 0 Å². The van der Waals surface area contributed by atoms with Crippen molar-refractivity contribution in [2.75, 3.05) is 31.7 Å². The van der Waals surface area contributed by atoms with Crippen molar-refractivity contribution in [3.05, 3.63) is 0 Å². The normalized spacial score (nSPS) is 25.5. The summed E-state index contributed by atoms with van der Waals surface area (Å²) in [7, 11) is 0. The average Bonchev–Trinajstić information content (AvgIpc) is 1.91. The lowest BCUT2D eigenvalue weighted by molar-refractivity contribution is 0.0441. The summed E-state index contributed by atoms with van der Waals surface area (Å²) < 4.78 is 5.44. The van der Waals surface area contributed by atoms with Gasteiger partial charge in [0, 0.05) is 18.8 Å². The van der Waals surface area contributed by atoms with Gasteiger partial charge in [-0.1, -0.05) is 0 Å². The van der Waals surface area contributed by atoms with Crippen LogP contribution < -0.4 is 5.32 Å². The minimum Gasteiger partial charge on any atom is -0.375 e. The number of rotatable bonds is 2. The Labute approximate surface area is 72.5 Å². The first-order valence-electron chi connectivity index (χ1n) is 3.24. The second-order valence-electron chi connectivity index (χ2n) is 2.15. The Morgan fingerprint density at radius 3 is 3.00 bits per heavy atom. The lowest BCUT2D eigenvalue weighted by Crippen LogP contribution is -2.39. The zero-order valence-electron chi connectivity index (χ0n) is 6.13. The minimum absolute atomic E-state index is 0. The molecular formula is C6H14ClNOS. The standard InChI is InChI=1S/C6H13NOS.ClH/c1-9-5-6-4-7-2-3-8-6;/h6-7H,2-5H2,1H3;1H. The first-order chi connectivity index (χ1) is 4.43. The van der Waals surface area contributed by atoms with E-state index in [-0.39, 0.29) is 12.4 Å². The molecule has 0 aliphatic carbocycles. The Bertz CT molecular complexity index is 75.4. The molecule has 0 spiro atoms. The van der Waals surface area contributed by atoms with E-state index in [9.17, 15) is 0 Å². The highest BCUT2D eigenvalue weighted by atomic mass is 35.5. The van der Waals surface area contributed by atoms with Crippen LogP contribution in [0.5, 0.6) is 0 Å². The minimum atomic E-state index is 0. The molecule has 1 aliphatic rings. The van der Waals surface area contributed by atoms with E-state index >= 15 is 0 Å². The maximum Gasteiger partial charge on any atom is 0.0790 e. The first-order valence-corrected chi connectivity index (χ1v) is 4.64. The van der Waals surface area contributed by atoms with E-state index in [2.05, 4.69) is 11.6 Å². The van der Waals surface area contributed by atoms with Crippen molar-refractivity contribution >= 4 is 24.2 Å². The highest BCUT2D eigenvalue weighted by molar-refractivity contribution is 7.98. The molecule has 1 rings (SSSR count). The lowest BCUT2D eigenvalue weighted by Gasteiger charge is -2.22. The van der Waals surface area contributed by atoms with Gasteiger partial charge >= 0.3 is 0 Å². The van der Waals surface area contributed by atoms with Gasteiger partial charge in [0.05, 0.1) is 12.7 Å². The van der Waals surface area contributed by atoms with Crippen molar-refractivity contribution in [1.82, 2.24) is 5.32 Å². The van der Waals surface area contributed by atoms with Crippen molar-refractivity contribution in [2.24, 2.45) is 0 Å². The number of thioether (sulfide) groups is 1. The molecule has 2 nitrogen and oxygen atoms in total. The van der Waals surface area contributed by atoms with Gasteiger partial charge in [0.2, 0.25) is 0 Å². The Kier molecular flexibility index (Phi) is 6.63. The molecule has 0 aromatic carbocycles. The monoisotopic (exact) mass is 183 g/mol. The molecule has 1 saturated heterocycles. The van der Waals surface area contributed by atoms with Gasteiger partial charge in [-0.15, -0.1) is 12.4 Å². The summed E-state index contributed by atoms with van der Waals surface area (Å²) in [6, 6.07) is 0. The molecule has 1 heterocycles. The zero-order valence-corrected chi connectivity index (χ0v) is 7.76. The average molecular weight is 184 g/mol. The van der Waals surface area contributed by atoms with Gasteiger partial charge in [0.1, 0.15) is 0 Å². The number of ether oxygens (including phenoxy) is 1. The highest BCUT2D eigenvalue weighted by Crippen LogP contribution is 2.02. The summed E-state index contributed by atoms with van der Waals surface area (Å²) in [5, 5.41) is 3.28. The van der Waals surface area contributed by atoms with E-state index in [0.717, 1.165) is 25.4 Å². The molecule has 4 heteroatoms. The van der Waals surface area contributed by atoms with Crippen LogP contribution in [0.25, 0.3) is 0 Å². The summed E-state index contributed by atoms with van der Waals surface area (Å²) >= 11 is 1.84. The van der Waals surface area contributed by atoms with Crippen LogP contribution in [-0.2, 0) is 4.74 Å². The van der Waals surface area contributed by atoms with E-state index < -0.39 is 0 Å². The van der Waals surface area contributed by atoms with Crippen LogP contribution in [0.1, 0.15) is 0 Å². The largest absolute Gasteiger partial charge is 0.375 e. The maximum absolute atomic E-state index is 5.44. The molecule has 10 heavy (non-hydrogen) atoms. The second-order valence-corrected chi connectivity index (χ2v) is 3.06. The molecular weight excluding hydrogens is 170 g/mol. The quantitative estimate of drug-likeness (QED) is 0.683. The third kappa shape index (κ3) is 3.66. The SMILES string of the molecule is CSCC1CNCCO1.Cl. The number of halogens is 1. The molecule has 1 atom stereocenters. The fourth-order valence-electron chi connectivity index (χ4n) is 0.913. The topological polar surface area (TPSA) is 21.3 Å². The van der Waals surface area contributed by atoms with Gasteiger partial charge < -0.3 is 10.1 Å². The molecule has 0 saturated carbocycles. The summed E-state index contributed by atoms with van der Waals surface area (Å²) in [6.07, 6.45) is 2.56. The smallest absolute Gasteiger partial charge is 0.0790 e. The lowest BCUT2D eigenvalue weighted by atomic mass is 10.3.